The second-order valence-corrected chi connectivity index (χ2v) is 7.79. The maximum Gasteiger partial charge on any atom is 0.204 e. The zero-order valence-electron chi connectivity index (χ0n) is 21.2. The number of anilines is 1. The SMILES string of the molecule is Cc1noc(C)c1NC(COCc1ccccc1)c1ccc(Oc2ccc(F)cc2)cc1.NC=O.NC=O. The van der Waals surface area contributed by atoms with Gasteiger partial charge in [-0.1, -0.05) is 47.6 Å². The van der Waals surface area contributed by atoms with Crippen molar-refractivity contribution in [3.05, 3.63) is 107 Å². The van der Waals surface area contributed by atoms with Gasteiger partial charge in [-0.05, 0) is 61.4 Å². The van der Waals surface area contributed by atoms with Gasteiger partial charge in [0.05, 0.1) is 19.3 Å². The number of nitrogens with one attached hydrogen (secondary N) is 1. The maximum absolute atomic E-state index is 13.1. The molecule has 0 fully saturated rings. The van der Waals surface area contributed by atoms with Gasteiger partial charge in [0.15, 0.2) is 5.76 Å². The quantitative estimate of drug-likeness (QED) is 0.268. The smallest absolute Gasteiger partial charge is 0.204 e. The van der Waals surface area contributed by atoms with Crippen LogP contribution in [0.5, 0.6) is 11.5 Å². The number of benzene rings is 3. The fraction of sp³-hybridized carbons (Fsp3) is 0.179. The summed E-state index contributed by atoms with van der Waals surface area (Å²) in [6, 6.07) is 23.6. The number of nitrogens with two attached hydrogens (primary N) is 2. The molecule has 38 heavy (non-hydrogen) atoms. The summed E-state index contributed by atoms with van der Waals surface area (Å²) in [4.78, 5) is 17.2. The molecule has 200 valence electrons. The number of primary amides is 2. The highest BCUT2D eigenvalue weighted by Crippen LogP contribution is 2.28. The van der Waals surface area contributed by atoms with Crippen molar-refractivity contribution in [3.8, 4) is 11.5 Å². The molecule has 0 bridgehead atoms. The molecule has 0 aliphatic rings. The number of halogens is 1. The van der Waals surface area contributed by atoms with Crippen LogP contribution in [0, 0.1) is 19.7 Å². The highest BCUT2D eigenvalue weighted by Gasteiger charge is 2.17. The molecule has 4 aromatic rings. The van der Waals surface area contributed by atoms with Gasteiger partial charge in [-0.3, -0.25) is 9.59 Å². The summed E-state index contributed by atoms with van der Waals surface area (Å²) >= 11 is 0. The minimum atomic E-state index is -0.295. The van der Waals surface area contributed by atoms with Gasteiger partial charge in [0.2, 0.25) is 12.8 Å². The molecule has 2 amide bonds. The van der Waals surface area contributed by atoms with E-state index in [4.69, 9.17) is 23.6 Å². The zero-order chi connectivity index (χ0) is 27.8. The molecule has 10 heteroatoms. The Bertz CT molecular complexity index is 1210. The summed E-state index contributed by atoms with van der Waals surface area (Å²) in [6.07, 6.45) is 0.500. The molecule has 0 aliphatic heterocycles. The van der Waals surface area contributed by atoms with Gasteiger partial charge in [-0.15, -0.1) is 0 Å². The fourth-order valence-electron chi connectivity index (χ4n) is 3.36. The van der Waals surface area contributed by atoms with E-state index in [0.29, 0.717) is 24.7 Å². The standard InChI is InChI=1S/C26H25FN2O3.2CH3NO/c1-18-26(19(2)32-29-18)28-25(17-30-16-20-6-4-3-5-7-20)21-8-12-23(13-9-21)31-24-14-10-22(27)11-15-24;2*2-1-3/h3-15,25,28H,16-17H2,1-2H3;2*1H,(H2,2,3). The second kappa shape index (κ2) is 16.1. The topological polar surface area (TPSA) is 143 Å². The summed E-state index contributed by atoms with van der Waals surface area (Å²) < 4.78 is 30.2. The van der Waals surface area contributed by atoms with E-state index in [1.807, 2.05) is 68.4 Å². The molecule has 1 heterocycles. The summed E-state index contributed by atoms with van der Waals surface area (Å²) in [5.74, 6) is 1.68. The Morgan fingerprint density at radius 2 is 1.47 bits per heavy atom. The highest BCUT2D eigenvalue weighted by molar-refractivity contribution is 5.52. The molecule has 1 aromatic heterocycles. The van der Waals surface area contributed by atoms with E-state index in [0.717, 1.165) is 28.3 Å². The Kier molecular flexibility index (Phi) is 12.5. The number of amides is 2. The number of hydrogen-bond acceptors (Lipinski definition) is 7. The van der Waals surface area contributed by atoms with E-state index in [1.165, 1.54) is 12.1 Å². The lowest BCUT2D eigenvalue weighted by Crippen LogP contribution is -2.18. The molecule has 5 N–H and O–H groups in total. The number of hydrogen-bond donors (Lipinski definition) is 3. The van der Waals surface area contributed by atoms with E-state index in [9.17, 15) is 4.39 Å². The van der Waals surface area contributed by atoms with Gasteiger partial charge >= 0.3 is 0 Å². The summed E-state index contributed by atoms with van der Waals surface area (Å²) in [6.45, 7) is 4.76. The molecule has 0 saturated carbocycles. The Hall–Kier alpha value is -4.70. The van der Waals surface area contributed by atoms with Crippen LogP contribution in [0.1, 0.15) is 28.6 Å². The highest BCUT2D eigenvalue weighted by atomic mass is 19.1. The number of carbonyl (C=O) groups excluding carboxylic acids is 2. The third kappa shape index (κ3) is 9.75. The van der Waals surface area contributed by atoms with Crippen LogP contribution in [0.2, 0.25) is 0 Å². The van der Waals surface area contributed by atoms with Crippen molar-refractivity contribution < 1.29 is 28.0 Å². The Morgan fingerprint density at radius 3 is 2.00 bits per heavy atom. The van der Waals surface area contributed by atoms with Crippen LogP contribution < -0.4 is 21.5 Å². The van der Waals surface area contributed by atoms with Crippen molar-refractivity contribution >= 4 is 18.5 Å². The largest absolute Gasteiger partial charge is 0.457 e. The molecule has 9 nitrogen and oxygen atoms in total. The maximum atomic E-state index is 13.1. The minimum absolute atomic E-state index is 0.115. The lowest BCUT2D eigenvalue weighted by Gasteiger charge is -2.21. The number of ether oxygens (including phenoxy) is 2. The second-order valence-electron chi connectivity index (χ2n) is 7.79. The first-order valence-corrected chi connectivity index (χ1v) is 11.6. The summed E-state index contributed by atoms with van der Waals surface area (Å²) in [7, 11) is 0. The van der Waals surface area contributed by atoms with Crippen molar-refractivity contribution in [2.75, 3.05) is 11.9 Å². The lowest BCUT2D eigenvalue weighted by atomic mass is 10.1. The predicted octanol–water partition coefficient (Wildman–Crippen LogP) is 4.80. The number of carbonyl (C=O) groups is 2. The van der Waals surface area contributed by atoms with Crippen LogP contribution in [-0.2, 0) is 20.9 Å². The predicted molar refractivity (Wildman–Crippen MR) is 142 cm³/mol. The molecule has 0 spiro atoms. The number of nitrogens with zero attached hydrogens (tertiary/aromatic N) is 1. The first-order valence-electron chi connectivity index (χ1n) is 11.6. The molecule has 0 saturated heterocycles. The van der Waals surface area contributed by atoms with Crippen LogP contribution in [-0.4, -0.2) is 24.6 Å². The Labute approximate surface area is 220 Å². The van der Waals surface area contributed by atoms with Crippen molar-refractivity contribution in [2.24, 2.45) is 11.5 Å². The molecule has 0 aliphatic carbocycles. The molecule has 0 radical (unpaired) electrons. The van der Waals surface area contributed by atoms with Crippen molar-refractivity contribution in [1.82, 2.24) is 5.16 Å². The van der Waals surface area contributed by atoms with Crippen molar-refractivity contribution in [1.29, 1.82) is 0 Å². The first-order chi connectivity index (χ1) is 18.4. The number of aryl methyl sites for hydroxylation is 2. The first kappa shape index (κ1) is 29.5. The molecular formula is C28H31FN4O5. The zero-order valence-corrected chi connectivity index (χ0v) is 21.2. The van der Waals surface area contributed by atoms with Crippen LogP contribution in [0.15, 0.2) is 83.4 Å². The third-order valence-corrected chi connectivity index (χ3v) is 5.08. The molecule has 4 rings (SSSR count). The van der Waals surface area contributed by atoms with Crippen LogP contribution in [0.4, 0.5) is 10.1 Å². The lowest BCUT2D eigenvalue weighted by molar-refractivity contribution is -0.107. The van der Waals surface area contributed by atoms with Gasteiger partial charge in [-0.2, -0.15) is 0 Å². The van der Waals surface area contributed by atoms with Gasteiger partial charge in [-0.25, -0.2) is 4.39 Å². The van der Waals surface area contributed by atoms with Gasteiger partial charge in [0.25, 0.3) is 0 Å². The third-order valence-electron chi connectivity index (χ3n) is 5.08. The minimum Gasteiger partial charge on any atom is -0.457 e. The monoisotopic (exact) mass is 522 g/mol. The van der Waals surface area contributed by atoms with Gasteiger partial charge in [0.1, 0.15) is 28.7 Å². The van der Waals surface area contributed by atoms with Gasteiger partial charge < -0.3 is 30.8 Å². The molecule has 3 aromatic carbocycles. The van der Waals surface area contributed by atoms with Crippen molar-refractivity contribution in [2.45, 2.75) is 26.5 Å². The van der Waals surface area contributed by atoms with Crippen LogP contribution in [0.3, 0.4) is 0 Å². The normalized spacial score (nSPS) is 10.6. The molecule has 1 unspecified atom stereocenters. The van der Waals surface area contributed by atoms with Crippen LogP contribution >= 0.6 is 0 Å². The summed E-state index contributed by atoms with van der Waals surface area (Å²) in [5, 5.41) is 7.54. The van der Waals surface area contributed by atoms with E-state index in [2.05, 4.69) is 21.9 Å². The fourth-order valence-corrected chi connectivity index (χ4v) is 3.36. The Balaban J connectivity index is 0.000000773. The van der Waals surface area contributed by atoms with Crippen LogP contribution in [0.25, 0.3) is 0 Å². The van der Waals surface area contributed by atoms with Gasteiger partial charge in [0, 0.05) is 0 Å². The van der Waals surface area contributed by atoms with E-state index < -0.39 is 0 Å². The van der Waals surface area contributed by atoms with Crippen molar-refractivity contribution in [3.63, 3.8) is 0 Å². The number of aromatic nitrogens is 1. The average Bonchev–Trinajstić information content (AvgIpc) is 3.23. The van der Waals surface area contributed by atoms with E-state index >= 15 is 0 Å². The number of rotatable bonds is 9. The Morgan fingerprint density at radius 1 is 0.921 bits per heavy atom. The van der Waals surface area contributed by atoms with E-state index in [-0.39, 0.29) is 24.7 Å². The average molecular weight is 523 g/mol. The van der Waals surface area contributed by atoms with E-state index in [1.54, 1.807) is 12.1 Å². The summed E-state index contributed by atoms with van der Waals surface area (Å²) in [5.41, 5.74) is 12.1. The molecular weight excluding hydrogens is 491 g/mol. The molecule has 1 atom stereocenters.